The molecule has 6 heteroatoms. The molecule has 2 rings (SSSR count). The molecule has 0 saturated carbocycles. The number of carbonyl (C=O) groups is 1. The van der Waals surface area contributed by atoms with E-state index in [2.05, 4.69) is 31.9 Å². The van der Waals surface area contributed by atoms with Crippen LogP contribution in [-0.2, 0) is 4.74 Å². The summed E-state index contributed by atoms with van der Waals surface area (Å²) in [6.07, 6.45) is -0.0321. The molecular weight excluding hydrogens is 476 g/mol. The second-order valence-corrected chi connectivity index (χ2v) is 8.46. The maximum atomic E-state index is 12.1. The maximum Gasteiger partial charge on any atom is 0.339 e. The summed E-state index contributed by atoms with van der Waals surface area (Å²) in [5.74, 6) is 0.931. The van der Waals surface area contributed by atoms with Crippen LogP contribution in [0.4, 0.5) is 0 Å². The van der Waals surface area contributed by atoms with E-state index in [0.29, 0.717) is 15.8 Å². The highest BCUT2D eigenvalue weighted by Gasteiger charge is 2.21. The van der Waals surface area contributed by atoms with E-state index in [1.54, 1.807) is 6.07 Å². The Morgan fingerprint density at radius 2 is 1.33 bits per heavy atom. The molecule has 0 bridgehead atoms. The van der Waals surface area contributed by atoms with Gasteiger partial charge in [-0.1, -0.05) is 15.9 Å². The molecule has 0 unspecified atom stereocenters. The number of hydrogen-bond acceptors (Lipinski definition) is 4. The molecule has 0 aliphatic rings. The van der Waals surface area contributed by atoms with Crippen LogP contribution < -0.4 is 9.47 Å². The van der Waals surface area contributed by atoms with E-state index >= 15 is 0 Å². The third-order valence-electron chi connectivity index (χ3n) is 3.75. The summed E-state index contributed by atoms with van der Waals surface area (Å²) in [5, 5.41) is 0. The highest BCUT2D eigenvalue weighted by Crippen LogP contribution is 2.42. The number of benzene rings is 2. The lowest BCUT2D eigenvalue weighted by atomic mass is 10.00. The van der Waals surface area contributed by atoms with Crippen LogP contribution in [0.5, 0.6) is 11.5 Å². The minimum absolute atomic E-state index is 0.0246. The monoisotopic (exact) mass is 498 g/mol. The molecule has 27 heavy (non-hydrogen) atoms. The summed E-state index contributed by atoms with van der Waals surface area (Å²) < 4.78 is 18.6. The lowest BCUT2D eigenvalue weighted by Gasteiger charge is -2.20. The van der Waals surface area contributed by atoms with Gasteiger partial charge in [-0.25, -0.2) is 4.79 Å². The second-order valence-electron chi connectivity index (χ2n) is 6.75. The molecule has 146 valence electrons. The Morgan fingerprint density at radius 3 is 1.81 bits per heavy atom. The van der Waals surface area contributed by atoms with Crippen molar-refractivity contribution in [3.8, 4) is 22.6 Å². The third kappa shape index (κ3) is 5.26. The van der Waals surface area contributed by atoms with Crippen LogP contribution in [0.15, 0.2) is 33.2 Å². The molecule has 0 saturated heterocycles. The number of hydrogen-bond donors (Lipinski definition) is 0. The highest BCUT2D eigenvalue weighted by molar-refractivity contribution is 9.10. The molecule has 0 aromatic heterocycles. The molecular formula is C21H24Br2O4. The largest absolute Gasteiger partial charge is 0.490 e. The van der Waals surface area contributed by atoms with Crippen molar-refractivity contribution in [2.24, 2.45) is 0 Å². The number of halogens is 2. The molecule has 0 fully saturated rings. The Bertz CT molecular complexity index is 845. The lowest BCUT2D eigenvalue weighted by Crippen LogP contribution is -2.10. The van der Waals surface area contributed by atoms with Gasteiger partial charge >= 0.3 is 5.97 Å². The number of aryl methyl sites for hydroxylation is 1. The Kier molecular flexibility index (Phi) is 7.34. The maximum absolute atomic E-state index is 12.1. The molecule has 0 spiro atoms. The van der Waals surface area contributed by atoms with Crippen molar-refractivity contribution >= 4 is 37.8 Å². The number of carbonyl (C=O) groups excluding carboxylic acids is 1. The van der Waals surface area contributed by atoms with Crippen LogP contribution in [0.3, 0.4) is 0 Å². The van der Waals surface area contributed by atoms with Crippen molar-refractivity contribution in [1.82, 2.24) is 0 Å². The smallest absolute Gasteiger partial charge is 0.339 e. The zero-order chi connectivity index (χ0) is 20.3. The summed E-state index contributed by atoms with van der Waals surface area (Å²) in [5.41, 5.74) is 3.20. The molecule has 0 aliphatic heterocycles. The standard InChI is InChI=1S/C21H24Br2O4/c1-11(2)26-19-7-13(5)17(22)8-14(19)15-9-18(23)16(21(24)25-6)10-20(15)27-12(3)4/h7-12H,1-6H3. The number of ether oxygens (including phenoxy) is 3. The Labute approximate surface area is 177 Å². The van der Waals surface area contributed by atoms with Crippen LogP contribution in [0.2, 0.25) is 0 Å². The second kappa shape index (κ2) is 9.11. The van der Waals surface area contributed by atoms with Crippen molar-refractivity contribution in [1.29, 1.82) is 0 Å². The summed E-state index contributed by atoms with van der Waals surface area (Å²) in [6.45, 7) is 9.88. The molecule has 2 aromatic rings. The van der Waals surface area contributed by atoms with Gasteiger partial charge in [0.15, 0.2) is 0 Å². The zero-order valence-corrected chi connectivity index (χ0v) is 19.5. The van der Waals surface area contributed by atoms with Crippen LogP contribution in [0, 0.1) is 6.92 Å². The fraction of sp³-hybridized carbons (Fsp3) is 0.381. The van der Waals surface area contributed by atoms with E-state index in [-0.39, 0.29) is 12.2 Å². The van der Waals surface area contributed by atoms with Gasteiger partial charge in [0.1, 0.15) is 11.5 Å². The van der Waals surface area contributed by atoms with E-state index < -0.39 is 5.97 Å². The van der Waals surface area contributed by atoms with Gasteiger partial charge in [-0.15, -0.1) is 0 Å². The predicted molar refractivity (Wildman–Crippen MR) is 115 cm³/mol. The fourth-order valence-electron chi connectivity index (χ4n) is 2.60. The summed E-state index contributed by atoms with van der Waals surface area (Å²) >= 11 is 7.09. The van der Waals surface area contributed by atoms with E-state index in [1.807, 2.05) is 52.8 Å². The fourth-order valence-corrected chi connectivity index (χ4v) is 3.45. The molecule has 0 N–H and O–H groups in total. The van der Waals surface area contributed by atoms with Gasteiger partial charge in [-0.2, -0.15) is 0 Å². The molecule has 0 atom stereocenters. The van der Waals surface area contributed by atoms with Crippen LogP contribution in [0.1, 0.15) is 43.6 Å². The van der Waals surface area contributed by atoms with Gasteiger partial charge < -0.3 is 14.2 Å². The summed E-state index contributed by atoms with van der Waals surface area (Å²) in [6, 6.07) is 7.59. The highest BCUT2D eigenvalue weighted by atomic mass is 79.9. The first kappa shape index (κ1) is 21.8. The molecule has 4 nitrogen and oxygen atoms in total. The van der Waals surface area contributed by atoms with Crippen molar-refractivity contribution in [3.63, 3.8) is 0 Å². The van der Waals surface area contributed by atoms with E-state index in [4.69, 9.17) is 14.2 Å². The number of esters is 1. The Hall–Kier alpha value is -1.53. The van der Waals surface area contributed by atoms with Gasteiger partial charge in [0.05, 0.1) is 24.9 Å². The third-order valence-corrected chi connectivity index (χ3v) is 5.26. The number of methoxy groups -OCH3 is 1. The minimum Gasteiger partial charge on any atom is -0.490 e. The van der Waals surface area contributed by atoms with Gasteiger partial charge in [0, 0.05) is 20.1 Å². The van der Waals surface area contributed by atoms with Gasteiger partial charge in [0.2, 0.25) is 0 Å². The van der Waals surface area contributed by atoms with Gasteiger partial charge in [-0.3, -0.25) is 0 Å². The summed E-state index contributed by atoms with van der Waals surface area (Å²) in [7, 11) is 1.36. The first-order valence-corrected chi connectivity index (χ1v) is 10.3. The van der Waals surface area contributed by atoms with Crippen molar-refractivity contribution in [3.05, 3.63) is 44.3 Å². The average molecular weight is 500 g/mol. The van der Waals surface area contributed by atoms with Crippen molar-refractivity contribution in [2.45, 2.75) is 46.8 Å². The molecule has 0 heterocycles. The normalized spacial score (nSPS) is 11.0. The van der Waals surface area contributed by atoms with E-state index in [1.165, 1.54) is 7.11 Å². The molecule has 0 aliphatic carbocycles. The van der Waals surface area contributed by atoms with Crippen LogP contribution in [-0.4, -0.2) is 25.3 Å². The van der Waals surface area contributed by atoms with E-state index in [9.17, 15) is 4.79 Å². The summed E-state index contributed by atoms with van der Waals surface area (Å²) in [4.78, 5) is 12.1. The molecule has 0 amide bonds. The Morgan fingerprint density at radius 1 is 0.852 bits per heavy atom. The van der Waals surface area contributed by atoms with Crippen LogP contribution in [0.25, 0.3) is 11.1 Å². The lowest BCUT2D eigenvalue weighted by molar-refractivity contribution is 0.0599. The minimum atomic E-state index is -0.425. The van der Waals surface area contributed by atoms with Crippen LogP contribution >= 0.6 is 31.9 Å². The predicted octanol–water partition coefficient (Wildman–Crippen LogP) is 6.55. The average Bonchev–Trinajstić information content (AvgIpc) is 2.57. The first-order valence-electron chi connectivity index (χ1n) is 8.69. The number of rotatable bonds is 6. The molecule has 2 aromatic carbocycles. The van der Waals surface area contributed by atoms with Crippen molar-refractivity contribution < 1.29 is 19.0 Å². The van der Waals surface area contributed by atoms with Gasteiger partial charge in [0.25, 0.3) is 0 Å². The molecule has 0 radical (unpaired) electrons. The topological polar surface area (TPSA) is 44.8 Å². The van der Waals surface area contributed by atoms with Crippen molar-refractivity contribution in [2.75, 3.05) is 7.11 Å². The van der Waals surface area contributed by atoms with E-state index in [0.717, 1.165) is 26.9 Å². The SMILES string of the molecule is COC(=O)c1cc(OC(C)C)c(-c2cc(Br)c(C)cc2OC(C)C)cc1Br. The zero-order valence-electron chi connectivity index (χ0n) is 16.4. The van der Waals surface area contributed by atoms with Gasteiger partial charge in [-0.05, 0) is 80.4 Å². The quantitative estimate of drug-likeness (QED) is 0.423. The Balaban J connectivity index is 2.75. The first-order chi connectivity index (χ1) is 12.6.